The molecule has 0 aliphatic heterocycles. The van der Waals surface area contributed by atoms with Crippen LogP contribution in [0.15, 0.2) is 150 Å². The zero-order valence-corrected chi connectivity index (χ0v) is 27.4. The van der Waals surface area contributed by atoms with Gasteiger partial charge >= 0.3 is 0 Å². The number of aromatic nitrogens is 6. The van der Waals surface area contributed by atoms with Crippen LogP contribution in [0.3, 0.4) is 0 Å². The van der Waals surface area contributed by atoms with E-state index in [1.165, 1.54) is 6.07 Å². The molecule has 0 atom stereocenters. The Morgan fingerprint density at radius 3 is 1.78 bits per heavy atom. The molecule has 5 aromatic carbocycles. The number of hydrogen-bond acceptors (Lipinski definition) is 5. The van der Waals surface area contributed by atoms with Crippen molar-refractivity contribution in [1.29, 1.82) is 0 Å². The summed E-state index contributed by atoms with van der Waals surface area (Å²) in [6, 6.07) is 49.2. The second kappa shape index (κ2) is 14.1. The number of aliphatic hydroxyl groups is 1. The average molecular weight is 647 g/mol. The zero-order chi connectivity index (χ0) is 33.6. The summed E-state index contributed by atoms with van der Waals surface area (Å²) >= 11 is 0. The van der Waals surface area contributed by atoms with E-state index in [1.807, 2.05) is 39.7 Å². The molecule has 2 heterocycles. The van der Waals surface area contributed by atoms with Crippen molar-refractivity contribution < 1.29 is 5.11 Å². The molecule has 0 saturated heterocycles. The quantitative estimate of drug-likeness (QED) is 0.142. The number of tetrazole rings is 1. The van der Waals surface area contributed by atoms with Crippen LogP contribution in [0, 0.1) is 0 Å². The van der Waals surface area contributed by atoms with Crippen molar-refractivity contribution in [1.82, 2.24) is 29.6 Å². The van der Waals surface area contributed by atoms with E-state index in [2.05, 4.69) is 126 Å². The monoisotopic (exact) mass is 646 g/mol. The molecule has 1 N–H and O–H groups in total. The fourth-order valence-electron chi connectivity index (χ4n) is 6.80. The maximum atomic E-state index is 12.7. The lowest BCUT2D eigenvalue weighted by molar-refractivity contribution is 0.263. The zero-order valence-electron chi connectivity index (χ0n) is 27.4. The summed E-state index contributed by atoms with van der Waals surface area (Å²) in [6.07, 6.45) is 1.87. The first kappa shape index (κ1) is 31.7. The summed E-state index contributed by atoms with van der Waals surface area (Å²) in [5.74, 6) is 0.635. The summed E-state index contributed by atoms with van der Waals surface area (Å²) in [7, 11) is 0. The summed E-state index contributed by atoms with van der Waals surface area (Å²) in [4.78, 5) is 12.7. The molecule has 0 radical (unpaired) electrons. The van der Waals surface area contributed by atoms with Gasteiger partial charge in [0.15, 0.2) is 5.82 Å². The van der Waals surface area contributed by atoms with Crippen molar-refractivity contribution >= 4 is 0 Å². The van der Waals surface area contributed by atoms with E-state index < -0.39 is 5.54 Å². The molecule has 8 nitrogen and oxygen atoms in total. The molecule has 8 heteroatoms. The summed E-state index contributed by atoms with van der Waals surface area (Å²) < 4.78 is 5.58. The van der Waals surface area contributed by atoms with Gasteiger partial charge in [0.2, 0.25) is 0 Å². The Morgan fingerprint density at radius 1 is 0.673 bits per heavy atom. The largest absolute Gasteiger partial charge is 0.390 e. The lowest BCUT2D eigenvalue weighted by Gasteiger charge is -2.36. The number of hydrogen-bond donors (Lipinski definition) is 1. The Bertz CT molecular complexity index is 2090. The Kier molecular flexibility index (Phi) is 9.12. The van der Waals surface area contributed by atoms with Crippen LogP contribution in [0.4, 0.5) is 0 Å². The van der Waals surface area contributed by atoms with Gasteiger partial charge in [-0.1, -0.05) is 153 Å². The highest BCUT2D eigenvalue weighted by Crippen LogP contribution is 2.43. The molecule has 0 bridgehead atoms. The minimum atomic E-state index is -0.867. The molecule has 0 unspecified atom stereocenters. The second-order valence-corrected chi connectivity index (χ2v) is 12.1. The first-order valence-corrected chi connectivity index (χ1v) is 16.7. The van der Waals surface area contributed by atoms with E-state index in [0.717, 1.165) is 51.8 Å². The van der Waals surface area contributed by atoms with Gasteiger partial charge in [-0.3, -0.25) is 14.2 Å². The Balaban J connectivity index is 1.34. The van der Waals surface area contributed by atoms with Crippen LogP contribution in [0.5, 0.6) is 0 Å². The molecule has 7 aromatic rings. The fraction of sp³-hybridized carbons (Fsp3) is 0.171. The van der Waals surface area contributed by atoms with Gasteiger partial charge in [-0.25, -0.2) is 4.68 Å². The molecule has 49 heavy (non-hydrogen) atoms. The van der Waals surface area contributed by atoms with Crippen molar-refractivity contribution in [3.8, 4) is 22.5 Å². The van der Waals surface area contributed by atoms with Crippen LogP contribution in [0.1, 0.15) is 47.7 Å². The van der Waals surface area contributed by atoms with E-state index in [-0.39, 0.29) is 12.2 Å². The topological polar surface area (TPSA) is 90.8 Å². The molecular weight excluding hydrogens is 608 g/mol. The van der Waals surface area contributed by atoms with Crippen molar-refractivity contribution in [2.45, 2.75) is 45.0 Å². The van der Waals surface area contributed by atoms with Crippen LogP contribution in [0.2, 0.25) is 0 Å². The van der Waals surface area contributed by atoms with E-state index in [0.29, 0.717) is 24.6 Å². The van der Waals surface area contributed by atoms with Crippen LogP contribution in [-0.2, 0) is 25.2 Å². The van der Waals surface area contributed by atoms with Crippen LogP contribution in [0.25, 0.3) is 22.5 Å². The van der Waals surface area contributed by atoms with E-state index in [9.17, 15) is 9.90 Å². The van der Waals surface area contributed by atoms with Crippen molar-refractivity contribution in [2.75, 3.05) is 0 Å². The third kappa shape index (κ3) is 5.91. The van der Waals surface area contributed by atoms with Gasteiger partial charge in [-0.2, -0.15) is 0 Å². The van der Waals surface area contributed by atoms with Gasteiger partial charge in [0, 0.05) is 18.2 Å². The number of nitrogens with zero attached hydrogens (tertiary/aromatic N) is 6. The molecule has 2 aromatic heterocycles. The summed E-state index contributed by atoms with van der Waals surface area (Å²) in [5, 5.41) is 23.7. The van der Waals surface area contributed by atoms with E-state index >= 15 is 0 Å². The van der Waals surface area contributed by atoms with Gasteiger partial charge in [0.1, 0.15) is 5.54 Å². The summed E-state index contributed by atoms with van der Waals surface area (Å²) in [5.41, 5.74) is 6.69. The molecule has 0 fully saturated rings. The molecule has 244 valence electrons. The lowest BCUT2D eigenvalue weighted by atomic mass is 9.77. The maximum absolute atomic E-state index is 12.7. The molecule has 0 saturated carbocycles. The smallest absolute Gasteiger partial charge is 0.266 e. The fourth-order valence-corrected chi connectivity index (χ4v) is 6.80. The Morgan fingerprint density at radius 2 is 1.22 bits per heavy atom. The number of aliphatic hydroxyl groups excluding tert-OH is 1. The average Bonchev–Trinajstić information content (AvgIpc) is 3.77. The van der Waals surface area contributed by atoms with Gasteiger partial charge in [-0.15, -0.1) is 5.10 Å². The molecule has 0 amide bonds. The molecule has 0 aliphatic carbocycles. The predicted molar refractivity (Wildman–Crippen MR) is 192 cm³/mol. The van der Waals surface area contributed by atoms with Gasteiger partial charge in [-0.05, 0) is 50.2 Å². The van der Waals surface area contributed by atoms with E-state index in [1.54, 1.807) is 4.68 Å². The minimum Gasteiger partial charge on any atom is -0.390 e. The predicted octanol–water partition coefficient (Wildman–Crippen LogP) is 7.15. The highest BCUT2D eigenvalue weighted by atomic mass is 16.3. The van der Waals surface area contributed by atoms with Crippen LogP contribution < -0.4 is 5.56 Å². The van der Waals surface area contributed by atoms with Crippen LogP contribution >= 0.6 is 0 Å². The number of benzene rings is 5. The lowest BCUT2D eigenvalue weighted by Crippen LogP contribution is -2.39. The molecular formula is C41H38N6O2. The highest BCUT2D eigenvalue weighted by molar-refractivity contribution is 5.81. The Labute approximate surface area is 285 Å². The molecule has 7 rings (SSSR count). The SMILES string of the molecule is CCCCn1c(=O)cc(CO)n1Cc1ccc(-c2ccccc2-c2nnnn2C(c2ccccc2)(c2ccccc2)c2ccccc2)cc1. The molecule has 0 aliphatic rings. The Hall–Kier alpha value is -5.86. The van der Waals surface area contributed by atoms with E-state index in [4.69, 9.17) is 5.21 Å². The first-order valence-electron chi connectivity index (χ1n) is 16.7. The maximum Gasteiger partial charge on any atom is 0.266 e. The van der Waals surface area contributed by atoms with Gasteiger partial charge in [0.25, 0.3) is 5.56 Å². The number of rotatable bonds is 12. The van der Waals surface area contributed by atoms with Gasteiger partial charge < -0.3 is 5.11 Å². The van der Waals surface area contributed by atoms with Crippen LogP contribution in [-0.4, -0.2) is 34.7 Å². The first-order chi connectivity index (χ1) is 24.1. The van der Waals surface area contributed by atoms with Crippen molar-refractivity contribution in [3.63, 3.8) is 0 Å². The normalized spacial score (nSPS) is 11.6. The summed E-state index contributed by atoms with van der Waals surface area (Å²) in [6.45, 7) is 3.01. The third-order valence-electron chi connectivity index (χ3n) is 9.18. The number of unbranched alkanes of at least 4 members (excludes halogenated alkanes) is 1. The highest BCUT2D eigenvalue weighted by Gasteiger charge is 2.42. The third-order valence-corrected chi connectivity index (χ3v) is 9.18. The molecule has 0 spiro atoms. The second-order valence-electron chi connectivity index (χ2n) is 12.1. The van der Waals surface area contributed by atoms with Crippen molar-refractivity contribution in [2.24, 2.45) is 0 Å². The van der Waals surface area contributed by atoms with Crippen molar-refractivity contribution in [3.05, 3.63) is 184 Å². The standard InChI is InChI=1S/C41H38N6O2/c1-2-3-27-45-39(49)28-36(30-48)46(45)29-31-23-25-32(26-24-31)37-21-13-14-22-38(37)40-42-43-44-47(40)41(33-15-7-4-8-16-33,34-17-9-5-10-18-34)35-19-11-6-12-20-35/h4-26,28,48H,2-3,27,29-30H2,1H3. The minimum absolute atomic E-state index is 0.0849. The van der Waals surface area contributed by atoms with Gasteiger partial charge in [0.05, 0.1) is 18.8 Å².